The summed E-state index contributed by atoms with van der Waals surface area (Å²) in [5.41, 5.74) is 0.656. The predicted octanol–water partition coefficient (Wildman–Crippen LogP) is 0.773. The molecule has 1 aromatic heterocycles. The van der Waals surface area contributed by atoms with Crippen molar-refractivity contribution in [2.75, 3.05) is 6.61 Å². The summed E-state index contributed by atoms with van der Waals surface area (Å²) in [5.74, 6) is 0.349. The van der Waals surface area contributed by atoms with Gasteiger partial charge in [0.05, 0.1) is 6.10 Å². The molecular formula is C15H16FN5O2. The Bertz CT molecular complexity index is 717. The molecular weight excluding hydrogens is 301 g/mol. The van der Waals surface area contributed by atoms with E-state index in [2.05, 4.69) is 20.7 Å². The van der Waals surface area contributed by atoms with Crippen molar-refractivity contribution in [2.45, 2.75) is 31.5 Å². The highest BCUT2D eigenvalue weighted by Gasteiger charge is 2.45. The van der Waals surface area contributed by atoms with Crippen molar-refractivity contribution in [3.8, 4) is 11.4 Å². The fourth-order valence-electron chi connectivity index (χ4n) is 3.17. The normalized spacial score (nSPS) is 25.7. The lowest BCUT2D eigenvalue weighted by Gasteiger charge is -2.39. The minimum absolute atomic E-state index is 0.0168. The molecule has 0 radical (unpaired) electrons. The highest BCUT2D eigenvalue weighted by molar-refractivity contribution is 5.76. The molecule has 1 aliphatic carbocycles. The number of rotatable bonds is 4. The summed E-state index contributed by atoms with van der Waals surface area (Å²) < 4.78 is 18.4. The number of halogens is 1. The van der Waals surface area contributed by atoms with Gasteiger partial charge in [-0.05, 0) is 42.3 Å². The van der Waals surface area contributed by atoms with Gasteiger partial charge in [-0.15, -0.1) is 10.2 Å². The standard InChI is InChI=1S/C15H16FN5O2/c16-10-3-1-9(2-4-10)15-18-20-21(19-15)8-14(22)17-12-7-13-11(12)5-6-23-13/h1-4,11-13H,5-8H2,(H,17,22)/t11-,12+,13+/m0/s1. The van der Waals surface area contributed by atoms with Crippen molar-refractivity contribution in [1.29, 1.82) is 0 Å². The van der Waals surface area contributed by atoms with Crippen LogP contribution in [-0.4, -0.2) is 44.9 Å². The summed E-state index contributed by atoms with van der Waals surface area (Å²) in [7, 11) is 0. The van der Waals surface area contributed by atoms with Crippen molar-refractivity contribution in [3.05, 3.63) is 30.1 Å². The van der Waals surface area contributed by atoms with Crippen molar-refractivity contribution < 1.29 is 13.9 Å². The van der Waals surface area contributed by atoms with Gasteiger partial charge in [-0.3, -0.25) is 4.79 Å². The largest absolute Gasteiger partial charge is 0.378 e. The van der Waals surface area contributed by atoms with Crippen LogP contribution in [0.3, 0.4) is 0 Å². The number of carbonyl (C=O) groups excluding carboxylic acids is 1. The molecule has 8 heteroatoms. The molecule has 7 nitrogen and oxygen atoms in total. The number of hydrogen-bond donors (Lipinski definition) is 1. The first kappa shape index (κ1) is 14.3. The number of fused-ring (bicyclic) bond motifs is 1. The molecule has 2 fully saturated rings. The first-order chi connectivity index (χ1) is 11.2. The summed E-state index contributed by atoms with van der Waals surface area (Å²) >= 11 is 0. The zero-order valence-corrected chi connectivity index (χ0v) is 12.4. The molecule has 2 aromatic rings. The number of nitrogens with one attached hydrogen (secondary N) is 1. The Morgan fingerprint density at radius 3 is 3.00 bits per heavy atom. The third-order valence-electron chi connectivity index (χ3n) is 4.45. The van der Waals surface area contributed by atoms with Crippen LogP contribution in [0.1, 0.15) is 12.8 Å². The SMILES string of the molecule is O=C(Cn1nnc(-c2ccc(F)cc2)n1)N[C@@H]1C[C@H]2OCC[C@@H]12. The van der Waals surface area contributed by atoms with Crippen LogP contribution in [-0.2, 0) is 16.1 Å². The second kappa shape index (κ2) is 5.69. The molecule has 3 atom stereocenters. The van der Waals surface area contributed by atoms with Crippen LogP contribution in [0.25, 0.3) is 11.4 Å². The number of hydrogen-bond acceptors (Lipinski definition) is 5. The first-order valence-electron chi connectivity index (χ1n) is 7.64. The van der Waals surface area contributed by atoms with Crippen LogP contribution in [0.4, 0.5) is 4.39 Å². The third-order valence-corrected chi connectivity index (χ3v) is 4.45. The zero-order chi connectivity index (χ0) is 15.8. The highest BCUT2D eigenvalue weighted by atomic mass is 19.1. The molecule has 1 saturated carbocycles. The Balaban J connectivity index is 1.36. The summed E-state index contributed by atoms with van der Waals surface area (Å²) in [6.45, 7) is 0.802. The monoisotopic (exact) mass is 317 g/mol. The van der Waals surface area contributed by atoms with Gasteiger partial charge in [0.15, 0.2) is 0 Å². The van der Waals surface area contributed by atoms with Gasteiger partial charge in [-0.1, -0.05) is 0 Å². The molecule has 23 heavy (non-hydrogen) atoms. The topological polar surface area (TPSA) is 81.9 Å². The van der Waals surface area contributed by atoms with Gasteiger partial charge in [-0.25, -0.2) is 4.39 Å². The van der Waals surface area contributed by atoms with E-state index in [1.54, 1.807) is 12.1 Å². The van der Waals surface area contributed by atoms with Crippen LogP contribution >= 0.6 is 0 Å². The van der Waals surface area contributed by atoms with E-state index in [9.17, 15) is 9.18 Å². The van der Waals surface area contributed by atoms with Gasteiger partial charge >= 0.3 is 0 Å². The van der Waals surface area contributed by atoms with Crippen molar-refractivity contribution >= 4 is 5.91 Å². The maximum absolute atomic E-state index is 12.9. The Morgan fingerprint density at radius 2 is 2.22 bits per heavy atom. The van der Waals surface area contributed by atoms with E-state index in [0.29, 0.717) is 23.4 Å². The number of aromatic nitrogens is 4. The van der Waals surface area contributed by atoms with Crippen molar-refractivity contribution in [1.82, 2.24) is 25.5 Å². The van der Waals surface area contributed by atoms with E-state index in [-0.39, 0.29) is 24.3 Å². The van der Waals surface area contributed by atoms with E-state index in [4.69, 9.17) is 4.74 Å². The van der Waals surface area contributed by atoms with Crippen LogP contribution < -0.4 is 5.32 Å². The molecule has 1 aromatic carbocycles. The number of amides is 1. The minimum Gasteiger partial charge on any atom is -0.378 e. The summed E-state index contributed by atoms with van der Waals surface area (Å²) in [6.07, 6.45) is 2.20. The van der Waals surface area contributed by atoms with E-state index in [1.807, 2.05) is 0 Å². The Labute approximate surface area is 131 Å². The average Bonchev–Trinajstić information content (AvgIpc) is 3.12. The van der Waals surface area contributed by atoms with Crippen molar-refractivity contribution in [2.24, 2.45) is 5.92 Å². The lowest BCUT2D eigenvalue weighted by molar-refractivity contribution is -0.125. The van der Waals surface area contributed by atoms with Gasteiger partial charge in [0.25, 0.3) is 0 Å². The lowest BCUT2D eigenvalue weighted by Crippen LogP contribution is -2.54. The minimum atomic E-state index is -0.324. The number of ether oxygens (including phenoxy) is 1. The Morgan fingerprint density at radius 1 is 1.39 bits per heavy atom. The van der Waals surface area contributed by atoms with Crippen molar-refractivity contribution in [3.63, 3.8) is 0 Å². The van der Waals surface area contributed by atoms with Gasteiger partial charge < -0.3 is 10.1 Å². The first-order valence-corrected chi connectivity index (χ1v) is 7.64. The summed E-state index contributed by atoms with van der Waals surface area (Å²) in [4.78, 5) is 13.3. The molecule has 2 heterocycles. The van der Waals surface area contributed by atoms with Crippen LogP contribution in [0.5, 0.6) is 0 Å². The fourth-order valence-corrected chi connectivity index (χ4v) is 3.17. The number of tetrazole rings is 1. The van der Waals surface area contributed by atoms with E-state index in [0.717, 1.165) is 19.4 Å². The highest BCUT2D eigenvalue weighted by Crippen LogP contribution is 2.38. The Hall–Kier alpha value is -2.35. The molecule has 0 unspecified atom stereocenters. The molecule has 1 saturated heterocycles. The summed E-state index contributed by atoms with van der Waals surface area (Å²) in [5, 5.41) is 14.9. The Kier molecular flexibility index (Phi) is 3.53. The molecule has 4 rings (SSSR count). The summed E-state index contributed by atoms with van der Waals surface area (Å²) in [6, 6.07) is 6.00. The van der Waals surface area contributed by atoms with E-state index in [1.165, 1.54) is 16.9 Å². The zero-order valence-electron chi connectivity index (χ0n) is 12.4. The lowest BCUT2D eigenvalue weighted by atomic mass is 9.76. The molecule has 1 aliphatic heterocycles. The number of carbonyl (C=O) groups is 1. The fraction of sp³-hybridized carbons (Fsp3) is 0.467. The average molecular weight is 317 g/mol. The second-order valence-corrected chi connectivity index (χ2v) is 5.92. The molecule has 0 bridgehead atoms. The number of nitrogens with zero attached hydrogens (tertiary/aromatic N) is 4. The van der Waals surface area contributed by atoms with Gasteiger partial charge in [0, 0.05) is 24.1 Å². The second-order valence-electron chi connectivity index (χ2n) is 5.92. The quantitative estimate of drug-likeness (QED) is 0.901. The van der Waals surface area contributed by atoms with Gasteiger partial charge in [0.1, 0.15) is 12.4 Å². The smallest absolute Gasteiger partial charge is 0.243 e. The van der Waals surface area contributed by atoms with E-state index < -0.39 is 0 Å². The predicted molar refractivity (Wildman–Crippen MR) is 77.6 cm³/mol. The third kappa shape index (κ3) is 2.81. The molecule has 1 N–H and O–H groups in total. The maximum Gasteiger partial charge on any atom is 0.243 e. The van der Waals surface area contributed by atoms with E-state index >= 15 is 0 Å². The van der Waals surface area contributed by atoms with Gasteiger partial charge in [-0.2, -0.15) is 4.80 Å². The molecule has 120 valence electrons. The van der Waals surface area contributed by atoms with Crippen LogP contribution in [0, 0.1) is 11.7 Å². The number of benzene rings is 1. The van der Waals surface area contributed by atoms with Crippen LogP contribution in [0.15, 0.2) is 24.3 Å². The molecule has 1 amide bonds. The van der Waals surface area contributed by atoms with Crippen LogP contribution in [0.2, 0.25) is 0 Å². The molecule has 2 aliphatic rings. The molecule has 0 spiro atoms. The maximum atomic E-state index is 12.9. The van der Waals surface area contributed by atoms with Gasteiger partial charge in [0.2, 0.25) is 11.7 Å².